The van der Waals surface area contributed by atoms with Crippen LogP contribution in [0.5, 0.6) is 0 Å². The van der Waals surface area contributed by atoms with Crippen molar-refractivity contribution in [3.05, 3.63) is 84.0 Å². The third-order valence-electron chi connectivity index (χ3n) is 7.43. The first-order valence-corrected chi connectivity index (χ1v) is 14.3. The molecule has 2 bridgehead atoms. The summed E-state index contributed by atoms with van der Waals surface area (Å²) < 4.78 is 62.3. The van der Waals surface area contributed by atoms with Crippen molar-refractivity contribution in [1.82, 2.24) is 0 Å². The van der Waals surface area contributed by atoms with Crippen LogP contribution in [0.25, 0.3) is 0 Å². The number of hydrogen-bond donors (Lipinski definition) is 0. The van der Waals surface area contributed by atoms with Gasteiger partial charge in [0.2, 0.25) is 0 Å². The maximum Gasteiger partial charge on any atom is 0.296 e. The molecule has 0 saturated heterocycles. The second-order valence-electron chi connectivity index (χ2n) is 9.51. The van der Waals surface area contributed by atoms with Crippen LogP contribution in [-0.2, 0) is 28.6 Å². The minimum absolute atomic E-state index is 0.0165. The summed E-state index contributed by atoms with van der Waals surface area (Å²) in [6.07, 6.45) is 8.58. The SMILES string of the molecule is Cc1ccc(S(=O)(=O)OC[C@H]2[C@@H]3C=C[C@H]([C@H]4C=C[C@@H]43)[C@@H]2COS(=O)(=O)c2ccc(C)cc2)cc1. The van der Waals surface area contributed by atoms with E-state index in [0.717, 1.165) is 11.1 Å². The molecule has 2 aromatic rings. The molecular weight excluding hydrogens is 472 g/mol. The van der Waals surface area contributed by atoms with Crippen LogP contribution in [0, 0.1) is 49.4 Å². The quantitative estimate of drug-likeness (QED) is 0.398. The number of hydrogen-bond acceptors (Lipinski definition) is 6. The second kappa shape index (κ2) is 8.75. The highest BCUT2D eigenvalue weighted by molar-refractivity contribution is 7.87. The molecule has 0 aromatic heterocycles. The van der Waals surface area contributed by atoms with Crippen LogP contribution in [0.4, 0.5) is 0 Å². The van der Waals surface area contributed by atoms with E-state index in [4.69, 9.17) is 8.37 Å². The summed E-state index contributed by atoms with van der Waals surface area (Å²) in [6, 6.07) is 13.1. The second-order valence-corrected chi connectivity index (χ2v) is 12.7. The molecule has 6 nitrogen and oxygen atoms in total. The Balaban J connectivity index is 1.34. The van der Waals surface area contributed by atoms with Gasteiger partial charge in [-0.2, -0.15) is 16.8 Å². The molecule has 4 aliphatic rings. The molecule has 4 aliphatic carbocycles. The molecule has 0 amide bonds. The number of allylic oxidation sites excluding steroid dienone is 4. The van der Waals surface area contributed by atoms with E-state index >= 15 is 0 Å². The van der Waals surface area contributed by atoms with E-state index in [2.05, 4.69) is 24.3 Å². The van der Waals surface area contributed by atoms with Gasteiger partial charge in [0.05, 0.1) is 23.0 Å². The van der Waals surface area contributed by atoms with Crippen LogP contribution in [-0.4, -0.2) is 30.0 Å². The van der Waals surface area contributed by atoms with Crippen LogP contribution in [0.2, 0.25) is 0 Å². The highest BCUT2D eigenvalue weighted by atomic mass is 32.2. The molecule has 0 radical (unpaired) electrons. The Bertz CT molecular complexity index is 1220. The van der Waals surface area contributed by atoms with Gasteiger partial charge in [0.15, 0.2) is 0 Å². The zero-order valence-electron chi connectivity index (χ0n) is 19.1. The Labute approximate surface area is 201 Å². The van der Waals surface area contributed by atoms with Crippen LogP contribution >= 0.6 is 0 Å². The first-order valence-electron chi connectivity index (χ1n) is 11.4. The average Bonchev–Trinajstić information content (AvgIpc) is 2.77. The van der Waals surface area contributed by atoms with Gasteiger partial charge in [0.25, 0.3) is 20.2 Å². The van der Waals surface area contributed by atoms with E-state index in [0.29, 0.717) is 11.8 Å². The monoisotopic (exact) mass is 500 g/mol. The van der Waals surface area contributed by atoms with E-state index in [9.17, 15) is 16.8 Å². The van der Waals surface area contributed by atoms with Gasteiger partial charge in [0.1, 0.15) is 0 Å². The predicted molar refractivity (Wildman–Crippen MR) is 128 cm³/mol. The summed E-state index contributed by atoms with van der Waals surface area (Å²) in [4.78, 5) is 0.233. The fourth-order valence-corrected chi connectivity index (χ4v) is 7.31. The topological polar surface area (TPSA) is 86.7 Å². The highest BCUT2D eigenvalue weighted by Gasteiger charge is 2.53. The number of aryl methyl sites for hydroxylation is 2. The average molecular weight is 501 g/mol. The van der Waals surface area contributed by atoms with Gasteiger partial charge >= 0.3 is 0 Å². The highest BCUT2D eigenvalue weighted by Crippen LogP contribution is 2.56. The van der Waals surface area contributed by atoms with Gasteiger partial charge in [-0.3, -0.25) is 8.37 Å². The Kier molecular flexibility index (Phi) is 6.04. The third-order valence-corrected chi connectivity index (χ3v) is 10.0. The van der Waals surface area contributed by atoms with Crippen molar-refractivity contribution >= 4 is 20.2 Å². The van der Waals surface area contributed by atoms with Crippen molar-refractivity contribution in [3.8, 4) is 0 Å². The summed E-state index contributed by atoms with van der Waals surface area (Å²) in [7, 11) is -7.84. The lowest BCUT2D eigenvalue weighted by Crippen LogP contribution is -2.52. The largest absolute Gasteiger partial charge is 0.296 e. The molecule has 0 spiro atoms. The lowest BCUT2D eigenvalue weighted by Gasteiger charge is -2.55. The molecule has 0 aliphatic heterocycles. The van der Waals surface area contributed by atoms with Gasteiger partial charge in [-0.15, -0.1) is 0 Å². The minimum atomic E-state index is -3.92. The minimum Gasteiger partial charge on any atom is -0.266 e. The van der Waals surface area contributed by atoms with E-state index in [-0.39, 0.29) is 46.7 Å². The summed E-state index contributed by atoms with van der Waals surface area (Å²) in [6.45, 7) is 3.75. The summed E-state index contributed by atoms with van der Waals surface area (Å²) in [5.41, 5.74) is 1.92. The smallest absolute Gasteiger partial charge is 0.266 e. The van der Waals surface area contributed by atoms with Gasteiger partial charge in [-0.1, -0.05) is 59.7 Å². The van der Waals surface area contributed by atoms with Crippen LogP contribution < -0.4 is 0 Å². The molecule has 0 heterocycles. The third kappa shape index (κ3) is 4.28. The normalized spacial score (nSPS) is 29.6. The standard InChI is InChI=1S/C26H28O6S2/c1-17-3-7-19(8-4-17)33(27,28)31-15-25-23-13-14-24(22-12-11-21(22)23)26(25)16-32-34(29,30)20-9-5-18(2)6-10-20/h3-14,21-26H,15-16H2,1-2H3/t21-,22-,23+,24+,25-,26-/m0/s1. The van der Waals surface area contributed by atoms with E-state index < -0.39 is 20.2 Å². The van der Waals surface area contributed by atoms with Crippen molar-refractivity contribution in [3.63, 3.8) is 0 Å². The van der Waals surface area contributed by atoms with Crippen molar-refractivity contribution in [2.45, 2.75) is 23.6 Å². The Morgan fingerprint density at radius 2 is 0.882 bits per heavy atom. The maximum absolute atomic E-state index is 12.8. The van der Waals surface area contributed by atoms with E-state index in [1.165, 1.54) is 24.3 Å². The van der Waals surface area contributed by atoms with Crippen molar-refractivity contribution < 1.29 is 25.2 Å². The molecule has 1 saturated carbocycles. The maximum atomic E-state index is 12.8. The molecule has 180 valence electrons. The molecule has 2 aromatic carbocycles. The van der Waals surface area contributed by atoms with Gasteiger partial charge < -0.3 is 0 Å². The van der Waals surface area contributed by atoms with Crippen LogP contribution in [0.1, 0.15) is 11.1 Å². The zero-order valence-corrected chi connectivity index (χ0v) is 20.7. The van der Waals surface area contributed by atoms with Crippen molar-refractivity contribution in [2.24, 2.45) is 35.5 Å². The predicted octanol–water partition coefficient (Wildman–Crippen LogP) is 4.26. The lowest BCUT2D eigenvalue weighted by atomic mass is 9.50. The van der Waals surface area contributed by atoms with Crippen molar-refractivity contribution in [2.75, 3.05) is 13.2 Å². The first-order chi connectivity index (χ1) is 16.2. The van der Waals surface area contributed by atoms with Crippen LogP contribution in [0.15, 0.2) is 82.6 Å². The molecule has 0 N–H and O–H groups in total. The molecule has 8 heteroatoms. The summed E-state index contributed by atoms with van der Waals surface area (Å²) >= 11 is 0. The number of benzene rings is 2. The fraction of sp³-hybridized carbons (Fsp3) is 0.385. The number of rotatable bonds is 8. The lowest BCUT2D eigenvalue weighted by molar-refractivity contribution is -0.0116. The molecular formula is C26H28O6S2. The summed E-state index contributed by atoms with van der Waals surface area (Å²) in [5, 5.41) is 0. The van der Waals surface area contributed by atoms with Gasteiger partial charge in [-0.05, 0) is 73.6 Å². The zero-order chi connectivity index (χ0) is 24.1. The van der Waals surface area contributed by atoms with Crippen LogP contribution in [0.3, 0.4) is 0 Å². The van der Waals surface area contributed by atoms with Gasteiger partial charge in [0, 0.05) is 0 Å². The Morgan fingerprint density at radius 3 is 1.21 bits per heavy atom. The van der Waals surface area contributed by atoms with E-state index in [1.54, 1.807) is 24.3 Å². The Hall–Kier alpha value is -2.26. The van der Waals surface area contributed by atoms with Crippen molar-refractivity contribution in [1.29, 1.82) is 0 Å². The number of fused-ring (bicyclic) bond motifs is 1. The molecule has 1 fully saturated rings. The molecule has 0 unspecified atom stereocenters. The summed E-state index contributed by atoms with van der Waals surface area (Å²) in [5.74, 6) is 0.489. The van der Waals surface area contributed by atoms with Gasteiger partial charge in [-0.25, -0.2) is 0 Å². The molecule has 6 rings (SSSR count). The first kappa shape index (κ1) is 23.5. The van der Waals surface area contributed by atoms with E-state index in [1.807, 2.05) is 13.8 Å². The molecule has 6 atom stereocenters. The Morgan fingerprint density at radius 1 is 0.559 bits per heavy atom. The molecule has 34 heavy (non-hydrogen) atoms. The fourth-order valence-electron chi connectivity index (χ4n) is 5.43.